The van der Waals surface area contributed by atoms with Crippen LogP contribution in [-0.4, -0.2) is 44.2 Å². The van der Waals surface area contributed by atoms with Crippen LogP contribution in [0.5, 0.6) is 0 Å². The predicted octanol–water partition coefficient (Wildman–Crippen LogP) is 8.85. The van der Waals surface area contributed by atoms with Crippen molar-refractivity contribution < 1.29 is 31.9 Å². The van der Waals surface area contributed by atoms with Crippen LogP contribution in [0.25, 0.3) is 11.3 Å². The highest BCUT2D eigenvalue weighted by atomic mass is 32.1. The minimum Gasteiger partial charge on any atom is -0.466 e. The SMILES string of the molecule is CCOC(=O)[C@H]1C[C@@H](OC(CC)CC)[C@@H](O[Si](C)(C)C(C)(C)C)[C@H](c2nc(-c3ccc(C(F)(F)F)cc3)cs2)C1. The molecule has 0 N–H and O–H groups in total. The van der Waals surface area contributed by atoms with Gasteiger partial charge in [-0.15, -0.1) is 11.3 Å². The number of carbonyl (C=O) groups excluding carboxylic acids is 1. The van der Waals surface area contributed by atoms with Crippen LogP contribution >= 0.6 is 11.3 Å². The van der Waals surface area contributed by atoms with E-state index < -0.39 is 20.1 Å². The number of benzene rings is 1. The summed E-state index contributed by atoms with van der Waals surface area (Å²) in [5.74, 6) is -0.817. The van der Waals surface area contributed by atoms with Gasteiger partial charge in [-0.1, -0.05) is 46.8 Å². The van der Waals surface area contributed by atoms with E-state index in [0.717, 1.165) is 30.0 Å². The summed E-state index contributed by atoms with van der Waals surface area (Å²) in [6.45, 7) is 17.3. The van der Waals surface area contributed by atoms with E-state index in [2.05, 4.69) is 47.7 Å². The Morgan fingerprint density at radius 3 is 2.23 bits per heavy atom. The van der Waals surface area contributed by atoms with Crippen molar-refractivity contribution in [3.05, 3.63) is 40.2 Å². The third-order valence-electron chi connectivity index (χ3n) is 8.30. The maximum absolute atomic E-state index is 13.1. The van der Waals surface area contributed by atoms with E-state index in [9.17, 15) is 18.0 Å². The Morgan fingerprint density at radius 2 is 1.70 bits per heavy atom. The molecule has 0 radical (unpaired) electrons. The minimum atomic E-state index is -4.39. The fourth-order valence-electron chi connectivity index (χ4n) is 4.86. The fourth-order valence-corrected chi connectivity index (χ4v) is 7.19. The molecule has 3 rings (SSSR count). The molecule has 1 fully saturated rings. The van der Waals surface area contributed by atoms with Crippen LogP contribution < -0.4 is 0 Å². The molecule has 0 spiro atoms. The molecule has 10 heteroatoms. The number of thiazole rings is 1. The average Bonchev–Trinajstić information content (AvgIpc) is 3.37. The second-order valence-electron chi connectivity index (χ2n) is 12.1. The molecule has 224 valence electrons. The first kappa shape index (κ1) is 32.8. The van der Waals surface area contributed by atoms with Crippen LogP contribution in [-0.2, 0) is 24.9 Å². The summed E-state index contributed by atoms with van der Waals surface area (Å²) < 4.78 is 58.5. The van der Waals surface area contributed by atoms with Gasteiger partial charge in [0.1, 0.15) is 0 Å². The summed E-state index contributed by atoms with van der Waals surface area (Å²) in [5, 5.41) is 2.63. The zero-order chi connectivity index (χ0) is 29.9. The quantitative estimate of drug-likeness (QED) is 0.202. The third kappa shape index (κ3) is 7.75. The number of hydrogen-bond donors (Lipinski definition) is 0. The molecule has 1 aliphatic rings. The molecule has 0 unspecified atom stereocenters. The van der Waals surface area contributed by atoms with Gasteiger partial charge >= 0.3 is 12.1 Å². The second kappa shape index (κ2) is 13.0. The topological polar surface area (TPSA) is 57.7 Å². The van der Waals surface area contributed by atoms with Crippen molar-refractivity contribution in [3.8, 4) is 11.3 Å². The molecule has 1 aromatic carbocycles. The molecule has 40 heavy (non-hydrogen) atoms. The van der Waals surface area contributed by atoms with E-state index in [4.69, 9.17) is 18.9 Å². The molecule has 5 nitrogen and oxygen atoms in total. The number of rotatable bonds is 10. The van der Waals surface area contributed by atoms with E-state index in [0.29, 0.717) is 30.7 Å². The minimum absolute atomic E-state index is 0.0381. The van der Waals surface area contributed by atoms with Gasteiger partial charge in [-0.25, -0.2) is 4.98 Å². The maximum Gasteiger partial charge on any atom is 0.416 e. The molecule has 4 atom stereocenters. The summed E-state index contributed by atoms with van der Waals surface area (Å²) in [6, 6.07) is 5.06. The first-order valence-electron chi connectivity index (χ1n) is 14.2. The molecule has 0 bridgehead atoms. The Kier molecular flexibility index (Phi) is 10.7. The highest BCUT2D eigenvalue weighted by Crippen LogP contribution is 2.47. The smallest absolute Gasteiger partial charge is 0.416 e. The van der Waals surface area contributed by atoms with Gasteiger partial charge in [0.2, 0.25) is 0 Å². The fraction of sp³-hybridized carbons (Fsp3) is 0.667. The first-order chi connectivity index (χ1) is 18.6. The van der Waals surface area contributed by atoms with Gasteiger partial charge in [0.25, 0.3) is 0 Å². The number of aromatic nitrogens is 1. The number of ether oxygens (including phenoxy) is 2. The maximum atomic E-state index is 13.1. The van der Waals surface area contributed by atoms with Gasteiger partial charge in [0.15, 0.2) is 8.32 Å². The molecular formula is C30H44F3NO4SSi. The zero-order valence-electron chi connectivity index (χ0n) is 24.9. The van der Waals surface area contributed by atoms with Gasteiger partial charge in [-0.05, 0) is 62.9 Å². The zero-order valence-corrected chi connectivity index (χ0v) is 26.7. The van der Waals surface area contributed by atoms with Crippen LogP contribution in [0, 0.1) is 5.92 Å². The molecular weight excluding hydrogens is 555 g/mol. The van der Waals surface area contributed by atoms with Crippen molar-refractivity contribution in [1.82, 2.24) is 4.98 Å². The lowest BCUT2D eigenvalue weighted by Crippen LogP contribution is -2.53. The molecule has 1 aromatic heterocycles. The largest absolute Gasteiger partial charge is 0.466 e. The van der Waals surface area contributed by atoms with Gasteiger partial charge in [-0.3, -0.25) is 4.79 Å². The van der Waals surface area contributed by atoms with Crippen LogP contribution in [0.2, 0.25) is 18.1 Å². The molecule has 0 saturated heterocycles. The Morgan fingerprint density at radius 1 is 1.07 bits per heavy atom. The number of halogens is 3. The van der Waals surface area contributed by atoms with Gasteiger partial charge in [0, 0.05) is 16.9 Å². The third-order valence-corrected chi connectivity index (χ3v) is 13.8. The molecule has 0 aliphatic heterocycles. The van der Waals surface area contributed by atoms with Crippen molar-refractivity contribution in [1.29, 1.82) is 0 Å². The standard InChI is InChI=1S/C30H44F3NO4SSi/c1-9-22(10-2)37-25-17-20(28(35)36-11-3)16-23(26(25)38-40(7,8)29(4,5)6)27-34-24(18-39-27)19-12-14-21(15-13-19)30(31,32)33/h12-15,18,20,22-23,25-26H,9-11,16-17H2,1-8H3/t20-,23-,25-,26+/m1/s1. The molecule has 2 aromatic rings. The summed E-state index contributed by atoms with van der Waals surface area (Å²) in [7, 11) is -2.25. The van der Waals surface area contributed by atoms with Gasteiger partial charge < -0.3 is 13.9 Å². The van der Waals surface area contributed by atoms with Crippen molar-refractivity contribution in [2.24, 2.45) is 5.92 Å². The summed E-state index contributed by atoms with van der Waals surface area (Å²) in [6.07, 6.45) is -2.24. The lowest BCUT2D eigenvalue weighted by Gasteiger charge is -2.47. The van der Waals surface area contributed by atoms with E-state index in [-0.39, 0.29) is 41.2 Å². The van der Waals surface area contributed by atoms with Crippen molar-refractivity contribution >= 4 is 25.6 Å². The van der Waals surface area contributed by atoms with Crippen LogP contribution in [0.4, 0.5) is 13.2 Å². The normalized spacial score (nSPS) is 22.5. The number of nitrogens with zero attached hydrogens (tertiary/aromatic N) is 1. The summed E-state index contributed by atoms with van der Waals surface area (Å²) in [5.41, 5.74) is 0.524. The summed E-state index contributed by atoms with van der Waals surface area (Å²) >= 11 is 1.45. The Balaban J connectivity index is 2.04. The van der Waals surface area contributed by atoms with Crippen molar-refractivity contribution in [2.75, 3.05) is 6.61 Å². The number of esters is 1. The van der Waals surface area contributed by atoms with E-state index in [1.54, 1.807) is 6.92 Å². The predicted molar refractivity (Wildman–Crippen MR) is 156 cm³/mol. The Bertz CT molecular complexity index is 1110. The van der Waals surface area contributed by atoms with E-state index in [1.165, 1.54) is 23.5 Å². The lowest BCUT2D eigenvalue weighted by molar-refractivity contribution is -0.158. The highest BCUT2D eigenvalue weighted by molar-refractivity contribution is 7.10. The van der Waals surface area contributed by atoms with Gasteiger partial charge in [-0.2, -0.15) is 13.2 Å². The number of alkyl halides is 3. The van der Waals surface area contributed by atoms with E-state index in [1.807, 2.05) is 5.38 Å². The second-order valence-corrected chi connectivity index (χ2v) is 17.8. The van der Waals surface area contributed by atoms with E-state index >= 15 is 0 Å². The first-order valence-corrected chi connectivity index (χ1v) is 18.0. The van der Waals surface area contributed by atoms with Gasteiger partial charge in [0.05, 0.1) is 47.1 Å². The molecule has 1 aliphatic carbocycles. The molecule has 1 heterocycles. The van der Waals surface area contributed by atoms with Crippen LogP contribution in [0.1, 0.15) is 83.7 Å². The van der Waals surface area contributed by atoms with Crippen molar-refractivity contribution in [3.63, 3.8) is 0 Å². The highest BCUT2D eigenvalue weighted by Gasteiger charge is 2.49. The lowest BCUT2D eigenvalue weighted by atomic mass is 9.77. The Hall–Kier alpha value is -1.75. The summed E-state index contributed by atoms with van der Waals surface area (Å²) in [4.78, 5) is 17.9. The average molecular weight is 600 g/mol. The van der Waals surface area contributed by atoms with Crippen LogP contribution in [0.3, 0.4) is 0 Å². The Labute approximate surface area is 242 Å². The van der Waals surface area contributed by atoms with Crippen molar-refractivity contribution in [2.45, 2.75) is 116 Å². The molecule has 1 saturated carbocycles. The molecule has 0 amide bonds. The van der Waals surface area contributed by atoms with Crippen LogP contribution in [0.15, 0.2) is 29.6 Å². The monoisotopic (exact) mass is 599 g/mol. The number of carbonyl (C=O) groups is 1. The number of hydrogen-bond acceptors (Lipinski definition) is 6.